The number of nitrogens with zero attached hydrogens (tertiary/aromatic N) is 3. The van der Waals surface area contributed by atoms with E-state index in [0.717, 1.165) is 4.47 Å². The number of rotatable bonds is 2. The van der Waals surface area contributed by atoms with Gasteiger partial charge in [0.2, 0.25) is 0 Å². The molecule has 0 aliphatic heterocycles. The van der Waals surface area contributed by atoms with Gasteiger partial charge in [0.25, 0.3) is 0 Å². The van der Waals surface area contributed by atoms with Crippen LogP contribution in [0.4, 0.5) is 0 Å². The minimum Gasteiger partial charge on any atom is -0.288 e. The standard InChI is InChI=1S/C10H6BrN3O/c11-9-1-7(2-12-5-9)10(15)8-3-13-6-14-4-8/h1-6H. The van der Waals surface area contributed by atoms with Gasteiger partial charge in [-0.1, -0.05) is 0 Å². The van der Waals surface area contributed by atoms with Gasteiger partial charge in [0.15, 0.2) is 5.78 Å². The fraction of sp³-hybridized carbons (Fsp3) is 0. The Hall–Kier alpha value is -1.62. The topological polar surface area (TPSA) is 55.7 Å². The second-order valence-electron chi connectivity index (χ2n) is 2.85. The number of hydrogen-bond acceptors (Lipinski definition) is 4. The fourth-order valence-electron chi connectivity index (χ4n) is 1.12. The molecule has 2 rings (SSSR count). The minimum absolute atomic E-state index is 0.135. The van der Waals surface area contributed by atoms with Crippen molar-refractivity contribution in [3.05, 3.63) is 52.8 Å². The SMILES string of the molecule is O=C(c1cncnc1)c1cncc(Br)c1. The van der Waals surface area contributed by atoms with Gasteiger partial charge in [-0.2, -0.15) is 0 Å². The predicted molar refractivity (Wildman–Crippen MR) is 57.4 cm³/mol. The summed E-state index contributed by atoms with van der Waals surface area (Å²) in [4.78, 5) is 23.4. The van der Waals surface area contributed by atoms with Crippen molar-refractivity contribution in [3.8, 4) is 0 Å². The van der Waals surface area contributed by atoms with E-state index in [1.54, 1.807) is 12.3 Å². The Kier molecular flexibility index (Phi) is 2.82. The van der Waals surface area contributed by atoms with Crippen LogP contribution in [0.25, 0.3) is 0 Å². The lowest BCUT2D eigenvalue weighted by Crippen LogP contribution is -2.02. The highest BCUT2D eigenvalue weighted by Crippen LogP contribution is 2.12. The molecule has 0 amide bonds. The number of carbonyl (C=O) groups excluding carboxylic acids is 1. The molecular formula is C10H6BrN3O. The van der Waals surface area contributed by atoms with Crippen molar-refractivity contribution < 1.29 is 4.79 Å². The molecule has 4 nitrogen and oxygen atoms in total. The van der Waals surface area contributed by atoms with E-state index >= 15 is 0 Å². The van der Waals surface area contributed by atoms with Gasteiger partial charge >= 0.3 is 0 Å². The summed E-state index contributed by atoms with van der Waals surface area (Å²) >= 11 is 3.26. The first kappa shape index (κ1) is 9.92. The van der Waals surface area contributed by atoms with Gasteiger partial charge in [-0.25, -0.2) is 9.97 Å². The Balaban J connectivity index is 2.37. The van der Waals surface area contributed by atoms with Crippen molar-refractivity contribution >= 4 is 21.7 Å². The lowest BCUT2D eigenvalue weighted by atomic mass is 10.1. The number of halogens is 1. The average Bonchev–Trinajstić information content (AvgIpc) is 2.29. The molecule has 2 heterocycles. The Labute approximate surface area is 94.5 Å². The molecule has 0 spiro atoms. The maximum Gasteiger partial charge on any atom is 0.197 e. The number of aromatic nitrogens is 3. The summed E-state index contributed by atoms with van der Waals surface area (Å²) in [6, 6.07) is 1.71. The molecular weight excluding hydrogens is 258 g/mol. The van der Waals surface area contributed by atoms with E-state index < -0.39 is 0 Å². The van der Waals surface area contributed by atoms with Crippen molar-refractivity contribution in [1.29, 1.82) is 0 Å². The van der Waals surface area contributed by atoms with Gasteiger partial charge in [0.05, 0.1) is 5.56 Å². The molecule has 0 saturated heterocycles. The lowest BCUT2D eigenvalue weighted by molar-refractivity contribution is 0.103. The van der Waals surface area contributed by atoms with Crippen molar-refractivity contribution in [2.45, 2.75) is 0 Å². The van der Waals surface area contributed by atoms with E-state index in [2.05, 4.69) is 30.9 Å². The number of ketones is 1. The smallest absolute Gasteiger partial charge is 0.197 e. The van der Waals surface area contributed by atoms with Gasteiger partial charge in [-0.3, -0.25) is 9.78 Å². The van der Waals surface area contributed by atoms with Crippen molar-refractivity contribution in [1.82, 2.24) is 15.0 Å². The second-order valence-corrected chi connectivity index (χ2v) is 3.76. The van der Waals surface area contributed by atoms with Crippen LogP contribution >= 0.6 is 15.9 Å². The molecule has 0 fully saturated rings. The summed E-state index contributed by atoms with van der Waals surface area (Å²) in [5.74, 6) is -0.135. The first-order chi connectivity index (χ1) is 7.27. The molecule has 0 radical (unpaired) electrons. The van der Waals surface area contributed by atoms with Crippen LogP contribution in [0.3, 0.4) is 0 Å². The zero-order valence-corrected chi connectivity index (χ0v) is 9.18. The van der Waals surface area contributed by atoms with Crippen LogP contribution in [0.15, 0.2) is 41.7 Å². The normalized spacial score (nSPS) is 9.93. The van der Waals surface area contributed by atoms with Crippen LogP contribution in [0.5, 0.6) is 0 Å². The third kappa shape index (κ3) is 2.24. The molecule has 0 unspecified atom stereocenters. The monoisotopic (exact) mass is 263 g/mol. The molecule has 2 aromatic heterocycles. The van der Waals surface area contributed by atoms with Gasteiger partial charge in [-0.05, 0) is 22.0 Å². The quantitative estimate of drug-likeness (QED) is 0.777. The van der Waals surface area contributed by atoms with Gasteiger partial charge in [0.1, 0.15) is 6.33 Å². The van der Waals surface area contributed by atoms with E-state index in [1.165, 1.54) is 24.9 Å². The number of pyridine rings is 1. The van der Waals surface area contributed by atoms with Crippen LogP contribution < -0.4 is 0 Å². The number of carbonyl (C=O) groups is 1. The summed E-state index contributed by atoms with van der Waals surface area (Å²) < 4.78 is 0.769. The highest BCUT2D eigenvalue weighted by Gasteiger charge is 2.09. The molecule has 0 aliphatic rings. The minimum atomic E-state index is -0.135. The Morgan fingerprint density at radius 3 is 2.33 bits per heavy atom. The molecule has 0 aliphatic carbocycles. The molecule has 5 heteroatoms. The highest BCUT2D eigenvalue weighted by atomic mass is 79.9. The van der Waals surface area contributed by atoms with Crippen molar-refractivity contribution in [3.63, 3.8) is 0 Å². The summed E-state index contributed by atoms with van der Waals surface area (Å²) in [6.07, 6.45) is 7.49. The zero-order valence-electron chi connectivity index (χ0n) is 7.59. The fourth-order valence-corrected chi connectivity index (χ4v) is 1.48. The van der Waals surface area contributed by atoms with E-state index in [9.17, 15) is 4.79 Å². The lowest BCUT2D eigenvalue weighted by Gasteiger charge is -1.99. The van der Waals surface area contributed by atoms with Crippen LogP contribution in [-0.2, 0) is 0 Å². The van der Waals surface area contributed by atoms with E-state index in [-0.39, 0.29) is 5.78 Å². The largest absolute Gasteiger partial charge is 0.288 e. The Morgan fingerprint density at radius 2 is 1.67 bits per heavy atom. The first-order valence-electron chi connectivity index (χ1n) is 4.17. The number of hydrogen-bond donors (Lipinski definition) is 0. The molecule has 74 valence electrons. The molecule has 0 bridgehead atoms. The van der Waals surface area contributed by atoms with Crippen molar-refractivity contribution in [2.75, 3.05) is 0 Å². The third-order valence-electron chi connectivity index (χ3n) is 1.79. The van der Waals surface area contributed by atoms with E-state index in [4.69, 9.17) is 0 Å². The predicted octanol–water partition coefficient (Wildman–Crippen LogP) is 1.87. The molecule has 0 aromatic carbocycles. The van der Waals surface area contributed by atoms with Crippen molar-refractivity contribution in [2.24, 2.45) is 0 Å². The molecule has 15 heavy (non-hydrogen) atoms. The van der Waals surface area contributed by atoms with E-state index in [1.807, 2.05) is 0 Å². The van der Waals surface area contributed by atoms with E-state index in [0.29, 0.717) is 11.1 Å². The third-order valence-corrected chi connectivity index (χ3v) is 2.22. The Bertz CT molecular complexity index is 487. The molecule has 0 N–H and O–H groups in total. The zero-order chi connectivity index (χ0) is 10.7. The molecule has 0 saturated carbocycles. The molecule has 0 atom stereocenters. The average molecular weight is 264 g/mol. The first-order valence-corrected chi connectivity index (χ1v) is 4.97. The maximum atomic E-state index is 11.9. The van der Waals surface area contributed by atoms with Gasteiger partial charge < -0.3 is 0 Å². The summed E-state index contributed by atoms with van der Waals surface area (Å²) in [6.45, 7) is 0. The van der Waals surface area contributed by atoms with Crippen LogP contribution in [0.2, 0.25) is 0 Å². The van der Waals surface area contributed by atoms with Crippen LogP contribution in [-0.4, -0.2) is 20.7 Å². The van der Waals surface area contributed by atoms with Gasteiger partial charge in [0, 0.05) is 34.8 Å². The maximum absolute atomic E-state index is 11.9. The molecule has 2 aromatic rings. The highest BCUT2D eigenvalue weighted by molar-refractivity contribution is 9.10. The summed E-state index contributed by atoms with van der Waals surface area (Å²) in [5.41, 5.74) is 0.969. The summed E-state index contributed by atoms with van der Waals surface area (Å²) in [7, 11) is 0. The van der Waals surface area contributed by atoms with Crippen LogP contribution in [0, 0.1) is 0 Å². The summed E-state index contributed by atoms with van der Waals surface area (Å²) in [5, 5.41) is 0. The van der Waals surface area contributed by atoms with Gasteiger partial charge in [-0.15, -0.1) is 0 Å². The second kappa shape index (κ2) is 4.27. The van der Waals surface area contributed by atoms with Crippen LogP contribution in [0.1, 0.15) is 15.9 Å². The Morgan fingerprint density at radius 1 is 1.00 bits per heavy atom.